The summed E-state index contributed by atoms with van der Waals surface area (Å²) in [5, 5.41) is 10.3. The number of aromatic nitrogens is 2. The highest BCUT2D eigenvalue weighted by molar-refractivity contribution is 5.73. The lowest BCUT2D eigenvalue weighted by atomic mass is 10.1. The zero-order chi connectivity index (χ0) is 20.6. The van der Waals surface area contributed by atoms with Gasteiger partial charge in [0.2, 0.25) is 0 Å². The molecule has 1 aromatic heterocycles. The highest BCUT2D eigenvalue weighted by Gasteiger charge is 2.11. The molecule has 0 atom stereocenters. The van der Waals surface area contributed by atoms with E-state index in [4.69, 9.17) is 0 Å². The number of para-hydroxylation sites is 1. The van der Waals surface area contributed by atoms with Crippen molar-refractivity contribution in [3.63, 3.8) is 0 Å². The Balaban J connectivity index is 1.19. The summed E-state index contributed by atoms with van der Waals surface area (Å²) in [5.41, 5.74) is 4.56. The zero-order valence-electron chi connectivity index (χ0n) is 17.3. The van der Waals surface area contributed by atoms with E-state index in [-0.39, 0.29) is 6.03 Å². The number of carbonyl (C=O) groups is 1. The van der Waals surface area contributed by atoms with Crippen LogP contribution in [-0.4, -0.2) is 40.3 Å². The lowest BCUT2D eigenvalue weighted by Gasteiger charge is -2.15. The Bertz CT molecular complexity index is 947. The van der Waals surface area contributed by atoms with E-state index in [9.17, 15) is 4.79 Å². The SMILES string of the molecule is O=C(NCCc1cnn(-c2ccccc2)c1)NCc1cccc(CN2CCCC2)c1. The van der Waals surface area contributed by atoms with E-state index in [2.05, 4.69) is 44.9 Å². The molecule has 30 heavy (non-hydrogen) atoms. The van der Waals surface area contributed by atoms with Crippen molar-refractivity contribution in [2.24, 2.45) is 0 Å². The van der Waals surface area contributed by atoms with Gasteiger partial charge in [0.05, 0.1) is 11.9 Å². The largest absolute Gasteiger partial charge is 0.338 e. The fourth-order valence-electron chi connectivity index (χ4n) is 3.81. The Kier molecular flexibility index (Phi) is 6.77. The zero-order valence-corrected chi connectivity index (χ0v) is 17.3. The van der Waals surface area contributed by atoms with Crippen molar-refractivity contribution in [3.8, 4) is 5.69 Å². The van der Waals surface area contributed by atoms with Crippen molar-refractivity contribution in [1.29, 1.82) is 0 Å². The summed E-state index contributed by atoms with van der Waals surface area (Å²) >= 11 is 0. The molecule has 1 aliphatic heterocycles. The predicted octanol–water partition coefficient (Wildman–Crippen LogP) is 3.51. The van der Waals surface area contributed by atoms with Crippen LogP contribution in [0.5, 0.6) is 0 Å². The van der Waals surface area contributed by atoms with Gasteiger partial charge < -0.3 is 10.6 Å². The quantitative estimate of drug-likeness (QED) is 0.605. The Morgan fingerprint density at radius 2 is 1.73 bits per heavy atom. The normalized spacial score (nSPS) is 14.0. The van der Waals surface area contributed by atoms with Gasteiger partial charge in [0.25, 0.3) is 0 Å². The summed E-state index contributed by atoms with van der Waals surface area (Å²) in [6, 6.07) is 18.3. The first-order valence-electron chi connectivity index (χ1n) is 10.7. The first-order chi connectivity index (χ1) is 14.8. The molecule has 0 spiro atoms. The van der Waals surface area contributed by atoms with Crippen LogP contribution in [0, 0.1) is 0 Å². The molecule has 0 unspecified atom stereocenters. The molecule has 6 nitrogen and oxygen atoms in total. The van der Waals surface area contributed by atoms with Crippen LogP contribution >= 0.6 is 0 Å². The lowest BCUT2D eigenvalue weighted by molar-refractivity contribution is 0.240. The first kappa shape index (κ1) is 20.2. The van der Waals surface area contributed by atoms with Crippen LogP contribution in [0.4, 0.5) is 4.79 Å². The molecular weight excluding hydrogens is 374 g/mol. The molecule has 4 rings (SSSR count). The predicted molar refractivity (Wildman–Crippen MR) is 118 cm³/mol. The van der Waals surface area contributed by atoms with E-state index in [1.807, 2.05) is 47.4 Å². The molecule has 0 aliphatic carbocycles. The smallest absolute Gasteiger partial charge is 0.315 e. The van der Waals surface area contributed by atoms with Crippen LogP contribution < -0.4 is 10.6 Å². The monoisotopic (exact) mass is 403 g/mol. The highest BCUT2D eigenvalue weighted by atomic mass is 16.2. The number of benzene rings is 2. The molecular formula is C24H29N5O. The average Bonchev–Trinajstić information content (AvgIpc) is 3.46. The molecule has 1 saturated heterocycles. The number of urea groups is 1. The summed E-state index contributed by atoms with van der Waals surface area (Å²) in [7, 11) is 0. The summed E-state index contributed by atoms with van der Waals surface area (Å²) in [6.07, 6.45) is 7.19. The number of hydrogen-bond donors (Lipinski definition) is 2. The van der Waals surface area contributed by atoms with Gasteiger partial charge in [-0.3, -0.25) is 4.90 Å². The van der Waals surface area contributed by atoms with Crippen molar-refractivity contribution in [3.05, 3.63) is 83.7 Å². The third-order valence-electron chi connectivity index (χ3n) is 5.41. The summed E-state index contributed by atoms with van der Waals surface area (Å²) in [6.45, 7) is 4.48. The molecule has 2 N–H and O–H groups in total. The molecule has 156 valence electrons. The number of amides is 2. The molecule has 0 saturated carbocycles. The molecule has 2 aromatic carbocycles. The van der Waals surface area contributed by atoms with Gasteiger partial charge in [-0.25, -0.2) is 9.48 Å². The van der Waals surface area contributed by atoms with E-state index in [1.165, 1.54) is 31.5 Å². The Labute approximate surface area is 177 Å². The minimum atomic E-state index is -0.143. The molecule has 0 radical (unpaired) electrons. The van der Waals surface area contributed by atoms with Gasteiger partial charge in [-0.05, 0) is 61.2 Å². The Morgan fingerprint density at radius 3 is 2.57 bits per heavy atom. The first-order valence-corrected chi connectivity index (χ1v) is 10.7. The highest BCUT2D eigenvalue weighted by Crippen LogP contribution is 2.14. The second kappa shape index (κ2) is 10.1. The second-order valence-electron chi connectivity index (χ2n) is 7.79. The van der Waals surface area contributed by atoms with Gasteiger partial charge in [-0.15, -0.1) is 0 Å². The third-order valence-corrected chi connectivity index (χ3v) is 5.41. The third kappa shape index (κ3) is 5.70. The number of nitrogens with zero attached hydrogens (tertiary/aromatic N) is 3. The fraction of sp³-hybridized carbons (Fsp3) is 0.333. The van der Waals surface area contributed by atoms with Crippen molar-refractivity contribution < 1.29 is 4.79 Å². The summed E-state index contributed by atoms with van der Waals surface area (Å²) in [4.78, 5) is 14.6. The van der Waals surface area contributed by atoms with Crippen molar-refractivity contribution in [1.82, 2.24) is 25.3 Å². The lowest BCUT2D eigenvalue weighted by Crippen LogP contribution is -2.36. The van der Waals surface area contributed by atoms with Crippen LogP contribution in [0.25, 0.3) is 5.69 Å². The van der Waals surface area contributed by atoms with E-state index < -0.39 is 0 Å². The number of likely N-dealkylation sites (tertiary alicyclic amines) is 1. The van der Waals surface area contributed by atoms with Crippen molar-refractivity contribution in [2.45, 2.75) is 32.4 Å². The maximum Gasteiger partial charge on any atom is 0.315 e. The van der Waals surface area contributed by atoms with E-state index in [0.29, 0.717) is 13.1 Å². The van der Waals surface area contributed by atoms with Crippen LogP contribution in [0.3, 0.4) is 0 Å². The van der Waals surface area contributed by atoms with E-state index in [1.54, 1.807) is 0 Å². The van der Waals surface area contributed by atoms with Gasteiger partial charge in [0.1, 0.15) is 0 Å². The topological polar surface area (TPSA) is 62.2 Å². The molecule has 3 aromatic rings. The summed E-state index contributed by atoms with van der Waals surface area (Å²) in [5.74, 6) is 0. The fourth-order valence-corrected chi connectivity index (χ4v) is 3.81. The molecule has 2 amide bonds. The minimum absolute atomic E-state index is 0.143. The van der Waals surface area contributed by atoms with Gasteiger partial charge in [0, 0.05) is 25.8 Å². The van der Waals surface area contributed by atoms with Crippen LogP contribution in [0.2, 0.25) is 0 Å². The van der Waals surface area contributed by atoms with E-state index >= 15 is 0 Å². The standard InChI is InChI=1S/C24H29N5O/c30-24(25-12-11-22-17-27-29(19-22)23-9-2-1-3-10-23)26-16-20-7-6-8-21(15-20)18-28-13-4-5-14-28/h1-3,6-10,15,17,19H,4-5,11-14,16,18H2,(H2,25,26,30). The molecule has 6 heteroatoms. The molecule has 1 fully saturated rings. The van der Waals surface area contributed by atoms with Crippen LogP contribution in [0.1, 0.15) is 29.5 Å². The summed E-state index contributed by atoms with van der Waals surface area (Å²) < 4.78 is 1.85. The maximum absolute atomic E-state index is 12.1. The molecule has 0 bridgehead atoms. The van der Waals surface area contributed by atoms with Crippen LogP contribution in [-0.2, 0) is 19.5 Å². The molecule has 2 heterocycles. The van der Waals surface area contributed by atoms with Crippen LogP contribution in [0.15, 0.2) is 67.0 Å². The molecule has 1 aliphatic rings. The number of hydrogen-bond acceptors (Lipinski definition) is 3. The number of carbonyl (C=O) groups excluding carboxylic acids is 1. The maximum atomic E-state index is 12.1. The minimum Gasteiger partial charge on any atom is -0.338 e. The average molecular weight is 404 g/mol. The van der Waals surface area contributed by atoms with Crippen molar-refractivity contribution in [2.75, 3.05) is 19.6 Å². The van der Waals surface area contributed by atoms with Gasteiger partial charge in [-0.1, -0.05) is 42.5 Å². The Hall–Kier alpha value is -3.12. The van der Waals surface area contributed by atoms with Gasteiger partial charge in [0.15, 0.2) is 0 Å². The number of nitrogens with one attached hydrogen (secondary N) is 2. The van der Waals surface area contributed by atoms with Crippen molar-refractivity contribution >= 4 is 6.03 Å². The number of rotatable bonds is 8. The van der Waals surface area contributed by atoms with Gasteiger partial charge >= 0.3 is 6.03 Å². The van der Waals surface area contributed by atoms with Gasteiger partial charge in [-0.2, -0.15) is 5.10 Å². The second-order valence-corrected chi connectivity index (χ2v) is 7.79. The van der Waals surface area contributed by atoms with E-state index in [0.717, 1.165) is 29.8 Å². The Morgan fingerprint density at radius 1 is 0.933 bits per heavy atom.